The van der Waals surface area contributed by atoms with E-state index in [9.17, 15) is 9.18 Å². The molecular formula is C16H16FN3O3. The molecule has 0 aliphatic carbocycles. The number of carbonyl (C=O) groups excluding carboxylic acids is 1. The van der Waals surface area contributed by atoms with E-state index in [1.54, 1.807) is 6.07 Å². The predicted octanol–water partition coefficient (Wildman–Crippen LogP) is 1.95. The van der Waals surface area contributed by atoms with Crippen LogP contribution in [0.4, 0.5) is 9.18 Å². The standard InChI is InChI=1S/C16H16FN3O3/c17-11-3-1-2-10(6-11)15-13-9-20(5-4-14(13)23-19-15)8-12-7-18-16(21)22-12/h1-3,6,12H,4-5,7-9H2,(H,18,21). The second kappa shape index (κ2) is 5.66. The third-order valence-electron chi connectivity index (χ3n) is 4.21. The molecule has 23 heavy (non-hydrogen) atoms. The highest BCUT2D eigenvalue weighted by molar-refractivity contribution is 5.69. The minimum atomic E-state index is -0.363. The fourth-order valence-electron chi connectivity index (χ4n) is 3.11. The summed E-state index contributed by atoms with van der Waals surface area (Å²) < 4.78 is 24.1. The van der Waals surface area contributed by atoms with E-state index in [1.165, 1.54) is 12.1 Å². The molecule has 3 heterocycles. The van der Waals surface area contributed by atoms with Gasteiger partial charge in [0.25, 0.3) is 0 Å². The van der Waals surface area contributed by atoms with Crippen LogP contribution in [0.3, 0.4) is 0 Å². The zero-order valence-corrected chi connectivity index (χ0v) is 12.4. The van der Waals surface area contributed by atoms with E-state index in [4.69, 9.17) is 9.26 Å². The Labute approximate surface area is 132 Å². The van der Waals surface area contributed by atoms with Crippen molar-refractivity contribution in [1.29, 1.82) is 0 Å². The van der Waals surface area contributed by atoms with Crippen LogP contribution >= 0.6 is 0 Å². The normalized spacial score (nSPS) is 20.9. The molecule has 2 aromatic rings. The van der Waals surface area contributed by atoms with Gasteiger partial charge in [-0.3, -0.25) is 4.90 Å². The van der Waals surface area contributed by atoms with Gasteiger partial charge in [0.15, 0.2) is 0 Å². The molecule has 1 unspecified atom stereocenters. The van der Waals surface area contributed by atoms with Gasteiger partial charge < -0.3 is 14.6 Å². The maximum Gasteiger partial charge on any atom is 0.407 e. The van der Waals surface area contributed by atoms with E-state index in [0.717, 1.165) is 24.3 Å². The van der Waals surface area contributed by atoms with E-state index in [2.05, 4.69) is 15.4 Å². The fraction of sp³-hybridized carbons (Fsp3) is 0.375. The van der Waals surface area contributed by atoms with Crippen molar-refractivity contribution in [2.45, 2.75) is 19.1 Å². The highest BCUT2D eigenvalue weighted by Gasteiger charge is 2.29. The van der Waals surface area contributed by atoms with Crippen molar-refractivity contribution >= 4 is 6.09 Å². The molecule has 7 heteroatoms. The molecule has 0 radical (unpaired) electrons. The molecule has 1 amide bonds. The lowest BCUT2D eigenvalue weighted by Crippen LogP contribution is -2.37. The van der Waals surface area contributed by atoms with Gasteiger partial charge in [-0.15, -0.1) is 0 Å². The Morgan fingerprint density at radius 2 is 2.35 bits per heavy atom. The molecule has 1 fully saturated rings. The average Bonchev–Trinajstić information content (AvgIpc) is 3.13. The molecule has 2 aliphatic rings. The zero-order valence-electron chi connectivity index (χ0n) is 12.4. The van der Waals surface area contributed by atoms with Crippen molar-refractivity contribution in [2.75, 3.05) is 19.6 Å². The molecular weight excluding hydrogens is 301 g/mol. The molecule has 0 bridgehead atoms. The number of hydrogen-bond donors (Lipinski definition) is 1. The molecule has 1 atom stereocenters. The number of nitrogens with zero attached hydrogens (tertiary/aromatic N) is 2. The highest BCUT2D eigenvalue weighted by atomic mass is 19.1. The molecule has 120 valence electrons. The van der Waals surface area contributed by atoms with Crippen LogP contribution in [0.2, 0.25) is 0 Å². The van der Waals surface area contributed by atoms with Gasteiger partial charge in [0.05, 0.1) is 6.54 Å². The minimum Gasteiger partial charge on any atom is -0.443 e. The Bertz CT molecular complexity index is 746. The topological polar surface area (TPSA) is 67.6 Å². The number of cyclic esters (lactones) is 1. The summed E-state index contributed by atoms with van der Waals surface area (Å²) in [5, 5.41) is 6.78. The number of fused-ring (bicyclic) bond motifs is 1. The Morgan fingerprint density at radius 1 is 1.43 bits per heavy atom. The molecule has 2 aliphatic heterocycles. The third kappa shape index (κ3) is 2.79. The van der Waals surface area contributed by atoms with Gasteiger partial charge in [0, 0.05) is 37.2 Å². The summed E-state index contributed by atoms with van der Waals surface area (Å²) >= 11 is 0. The molecule has 4 rings (SSSR count). The SMILES string of the molecule is O=C1NCC(CN2CCc3onc(-c4cccc(F)c4)c3C2)O1. The predicted molar refractivity (Wildman–Crippen MR) is 79.1 cm³/mol. The first-order chi connectivity index (χ1) is 11.2. The van der Waals surface area contributed by atoms with Gasteiger partial charge in [-0.25, -0.2) is 9.18 Å². The van der Waals surface area contributed by atoms with Crippen LogP contribution in [0.1, 0.15) is 11.3 Å². The number of ether oxygens (including phenoxy) is 1. The highest BCUT2D eigenvalue weighted by Crippen LogP contribution is 2.30. The first kappa shape index (κ1) is 14.2. The molecule has 0 spiro atoms. The van der Waals surface area contributed by atoms with Gasteiger partial charge in [0.1, 0.15) is 23.4 Å². The van der Waals surface area contributed by atoms with Crippen LogP contribution < -0.4 is 5.32 Å². The van der Waals surface area contributed by atoms with E-state index < -0.39 is 0 Å². The van der Waals surface area contributed by atoms with Crippen LogP contribution in [0.5, 0.6) is 0 Å². The maximum absolute atomic E-state index is 13.5. The van der Waals surface area contributed by atoms with Crippen molar-refractivity contribution in [3.63, 3.8) is 0 Å². The van der Waals surface area contributed by atoms with Gasteiger partial charge >= 0.3 is 6.09 Å². The summed E-state index contributed by atoms with van der Waals surface area (Å²) in [6.07, 6.45) is 0.241. The number of hydrogen-bond acceptors (Lipinski definition) is 5. The monoisotopic (exact) mass is 317 g/mol. The van der Waals surface area contributed by atoms with Crippen molar-refractivity contribution in [1.82, 2.24) is 15.4 Å². The van der Waals surface area contributed by atoms with E-state index in [0.29, 0.717) is 30.9 Å². The number of halogens is 1. The van der Waals surface area contributed by atoms with E-state index in [1.807, 2.05) is 6.07 Å². The lowest BCUT2D eigenvalue weighted by molar-refractivity contribution is 0.102. The second-order valence-electron chi connectivity index (χ2n) is 5.84. The van der Waals surface area contributed by atoms with Gasteiger partial charge in [-0.2, -0.15) is 0 Å². The molecule has 1 aromatic carbocycles. The second-order valence-corrected chi connectivity index (χ2v) is 5.84. The molecule has 1 saturated heterocycles. The average molecular weight is 317 g/mol. The Morgan fingerprint density at radius 3 is 3.13 bits per heavy atom. The summed E-state index contributed by atoms with van der Waals surface area (Å²) in [5.41, 5.74) is 2.38. The minimum absolute atomic E-state index is 0.137. The summed E-state index contributed by atoms with van der Waals surface area (Å²) in [5.74, 6) is 0.554. The van der Waals surface area contributed by atoms with Crippen molar-refractivity contribution in [3.05, 3.63) is 41.4 Å². The molecule has 0 saturated carbocycles. The van der Waals surface area contributed by atoms with Crippen LogP contribution in [0.25, 0.3) is 11.3 Å². The Hall–Kier alpha value is -2.41. The van der Waals surface area contributed by atoms with Gasteiger partial charge in [-0.1, -0.05) is 17.3 Å². The number of nitrogens with one attached hydrogen (secondary N) is 1. The zero-order chi connectivity index (χ0) is 15.8. The lowest BCUT2D eigenvalue weighted by Gasteiger charge is -2.27. The van der Waals surface area contributed by atoms with Gasteiger partial charge in [0.2, 0.25) is 0 Å². The van der Waals surface area contributed by atoms with Crippen LogP contribution in [-0.2, 0) is 17.7 Å². The maximum atomic E-state index is 13.5. The van der Waals surface area contributed by atoms with Crippen LogP contribution in [-0.4, -0.2) is 41.9 Å². The number of aromatic nitrogens is 1. The summed E-state index contributed by atoms with van der Waals surface area (Å²) in [6.45, 7) is 2.66. The summed E-state index contributed by atoms with van der Waals surface area (Å²) in [4.78, 5) is 13.3. The van der Waals surface area contributed by atoms with Gasteiger partial charge in [-0.05, 0) is 12.1 Å². The first-order valence-corrected chi connectivity index (χ1v) is 7.59. The van der Waals surface area contributed by atoms with E-state index in [-0.39, 0.29) is 18.0 Å². The summed E-state index contributed by atoms with van der Waals surface area (Å²) in [6, 6.07) is 6.35. The van der Waals surface area contributed by atoms with Crippen molar-refractivity contribution in [2.24, 2.45) is 0 Å². The number of amides is 1. The number of carbonyl (C=O) groups is 1. The first-order valence-electron chi connectivity index (χ1n) is 7.59. The number of benzene rings is 1. The smallest absolute Gasteiger partial charge is 0.407 e. The number of rotatable bonds is 3. The van der Waals surface area contributed by atoms with Crippen LogP contribution in [0, 0.1) is 5.82 Å². The van der Waals surface area contributed by atoms with Crippen molar-refractivity contribution < 1.29 is 18.4 Å². The van der Waals surface area contributed by atoms with E-state index >= 15 is 0 Å². The Kier molecular flexibility index (Phi) is 3.49. The molecule has 1 N–H and O–H groups in total. The molecule has 1 aromatic heterocycles. The summed E-state index contributed by atoms with van der Waals surface area (Å²) in [7, 11) is 0. The lowest BCUT2D eigenvalue weighted by atomic mass is 10.0. The van der Waals surface area contributed by atoms with Crippen molar-refractivity contribution in [3.8, 4) is 11.3 Å². The molecule has 6 nitrogen and oxygen atoms in total. The van der Waals surface area contributed by atoms with Crippen LogP contribution in [0.15, 0.2) is 28.8 Å². The third-order valence-corrected chi connectivity index (χ3v) is 4.21. The fourth-order valence-corrected chi connectivity index (χ4v) is 3.11. The largest absolute Gasteiger partial charge is 0.443 e. The number of alkyl carbamates (subject to hydrolysis) is 1. The Balaban J connectivity index is 1.54. The quantitative estimate of drug-likeness (QED) is 0.937.